The van der Waals surface area contributed by atoms with E-state index in [1.54, 1.807) is 0 Å². The summed E-state index contributed by atoms with van der Waals surface area (Å²) in [4.78, 5) is 0. The lowest BCUT2D eigenvalue weighted by Gasteiger charge is -2.05. The van der Waals surface area contributed by atoms with E-state index >= 15 is 0 Å². The summed E-state index contributed by atoms with van der Waals surface area (Å²) < 4.78 is 86.7. The van der Waals surface area contributed by atoms with Crippen LogP contribution in [0.5, 0.6) is 0 Å². The van der Waals surface area contributed by atoms with Crippen LogP contribution >= 0.6 is 0 Å². The van der Waals surface area contributed by atoms with Crippen molar-refractivity contribution < 1.29 is 19.6 Å². The van der Waals surface area contributed by atoms with E-state index in [2.05, 4.69) is 0 Å². The van der Waals surface area contributed by atoms with E-state index in [1.807, 2.05) is 0 Å². The summed E-state index contributed by atoms with van der Waals surface area (Å²) >= 11 is 0. The van der Waals surface area contributed by atoms with Crippen LogP contribution < -0.4 is 4.57 Å². The van der Waals surface area contributed by atoms with Gasteiger partial charge in [0.05, 0.1) is 5.48 Å². The van der Waals surface area contributed by atoms with Crippen molar-refractivity contribution in [3.63, 3.8) is 0 Å². The largest absolute Gasteiger partial charge is 0.212 e. The van der Waals surface area contributed by atoms with Gasteiger partial charge in [-0.2, -0.15) is 0 Å². The Morgan fingerprint density at radius 2 is 2.00 bits per heavy atom. The fourth-order valence-electron chi connectivity index (χ4n) is 1.49. The first-order valence-corrected chi connectivity index (χ1v) is 4.72. The van der Waals surface area contributed by atoms with Crippen molar-refractivity contribution in [3.8, 4) is 11.3 Å². The zero-order valence-corrected chi connectivity index (χ0v) is 9.02. The number of aromatic nitrogens is 1. The van der Waals surface area contributed by atoms with Crippen LogP contribution in [0, 0.1) is 20.6 Å². The Hall–Kier alpha value is -1.63. The maximum absolute atomic E-state index is 8.24. The molecule has 0 fully saturated rings. The van der Waals surface area contributed by atoms with Crippen molar-refractivity contribution >= 4 is 0 Å². The second kappa shape index (κ2) is 4.09. The molecule has 0 aliphatic rings. The Morgan fingerprint density at radius 3 is 2.75 bits per heavy atom. The van der Waals surface area contributed by atoms with Crippen LogP contribution in [-0.2, 0) is 7.05 Å². The van der Waals surface area contributed by atoms with E-state index in [9.17, 15) is 0 Å². The lowest BCUT2D eigenvalue weighted by Crippen LogP contribution is -2.31. The van der Waals surface area contributed by atoms with E-state index in [1.165, 1.54) is 14.0 Å². The van der Waals surface area contributed by atoms with Gasteiger partial charge in [-0.1, -0.05) is 17.6 Å². The van der Waals surface area contributed by atoms with Gasteiger partial charge in [0, 0.05) is 25.4 Å². The highest BCUT2D eigenvalue weighted by Gasteiger charge is 2.11. The SMILES string of the molecule is [2H]c1cc(-c2c([2H])c([2H])c(C([2H])([2H])[2H])c([2H])c2C)[n+](C)c([2H])c1C([2H])([2H])[2H]. The molecule has 0 radical (unpaired) electrons. The fraction of sp³-hybridized carbons (Fsp3) is 0.267. The van der Waals surface area contributed by atoms with Gasteiger partial charge < -0.3 is 0 Å². The third kappa shape index (κ3) is 1.99. The molecule has 82 valence electrons. The van der Waals surface area contributed by atoms with E-state index in [0.29, 0.717) is 0 Å². The van der Waals surface area contributed by atoms with Gasteiger partial charge in [-0.25, -0.2) is 4.57 Å². The van der Waals surface area contributed by atoms with E-state index in [-0.39, 0.29) is 16.8 Å². The standard InChI is InChI=1S/C15H18N/c1-11-5-7-14(13(3)9-11)15-8-6-12(2)10-16(15)4/h5-10H,1-4H3/q+1/i1D3,2D3,5D,6D,7D,9D,10D. The lowest BCUT2D eigenvalue weighted by atomic mass is 10.0. The summed E-state index contributed by atoms with van der Waals surface area (Å²) in [6.45, 7) is -3.98. The van der Waals surface area contributed by atoms with Gasteiger partial charge in [0.25, 0.3) is 0 Å². The number of nitrogens with zero attached hydrogens (tertiary/aromatic N) is 1. The topological polar surface area (TPSA) is 3.88 Å². The highest BCUT2D eigenvalue weighted by molar-refractivity contribution is 5.61. The number of hydrogen-bond donors (Lipinski definition) is 0. The molecule has 0 amide bonds. The number of rotatable bonds is 1. The molecule has 0 bridgehead atoms. The first kappa shape index (κ1) is 3.69. The first-order valence-electron chi connectivity index (χ1n) is 10.2. The monoisotopic (exact) mass is 223 g/mol. The van der Waals surface area contributed by atoms with Crippen molar-refractivity contribution in [1.29, 1.82) is 0 Å². The Balaban J connectivity index is 2.93. The number of pyridine rings is 1. The molecule has 0 spiro atoms. The molecule has 1 heterocycles. The molecule has 1 aromatic heterocycles. The molecule has 1 nitrogen and oxygen atoms in total. The minimum atomic E-state index is -2.73. The quantitative estimate of drug-likeness (QED) is 0.654. The van der Waals surface area contributed by atoms with Gasteiger partial charge in [0.2, 0.25) is 5.69 Å². The molecule has 2 rings (SSSR count). The predicted octanol–water partition coefficient (Wildman–Crippen LogP) is 3.10. The van der Waals surface area contributed by atoms with Gasteiger partial charge in [-0.3, -0.25) is 0 Å². The molecular weight excluding hydrogens is 194 g/mol. The Labute approximate surface area is 113 Å². The van der Waals surface area contributed by atoms with Crippen molar-refractivity contribution in [3.05, 3.63) is 53.1 Å². The van der Waals surface area contributed by atoms with Crippen molar-refractivity contribution in [1.82, 2.24) is 0 Å². The molecule has 0 aliphatic carbocycles. The molecule has 0 N–H and O–H groups in total. The first-order chi connectivity index (χ1) is 12.1. The summed E-state index contributed by atoms with van der Waals surface area (Å²) in [6, 6.07) is -0.758. The molecule has 0 atom stereocenters. The minimum absolute atomic E-state index is 0.0274. The molecule has 1 aromatic carbocycles. The maximum Gasteiger partial charge on any atom is 0.212 e. The summed E-state index contributed by atoms with van der Waals surface area (Å²) in [5.41, 5.74) is -0.751. The summed E-state index contributed by atoms with van der Waals surface area (Å²) in [6.07, 6.45) is -0.450. The lowest BCUT2D eigenvalue weighted by molar-refractivity contribution is -0.660. The molecule has 0 saturated heterocycles. The van der Waals surface area contributed by atoms with Crippen molar-refractivity contribution in [2.24, 2.45) is 7.05 Å². The van der Waals surface area contributed by atoms with Crippen LogP contribution in [0.15, 0.2) is 36.4 Å². The van der Waals surface area contributed by atoms with Crippen LogP contribution in [0.3, 0.4) is 0 Å². The van der Waals surface area contributed by atoms with Gasteiger partial charge in [-0.05, 0) is 38.3 Å². The molecule has 0 unspecified atom stereocenters. The number of hydrogen-bond acceptors (Lipinski definition) is 0. The average molecular weight is 223 g/mol. The van der Waals surface area contributed by atoms with Crippen LogP contribution in [0.2, 0.25) is 0 Å². The van der Waals surface area contributed by atoms with Gasteiger partial charge in [0.15, 0.2) is 6.17 Å². The third-order valence-electron chi connectivity index (χ3n) is 2.25. The smallest absolute Gasteiger partial charge is 0.201 e. The summed E-state index contributed by atoms with van der Waals surface area (Å²) in [5.74, 6) is 0. The van der Waals surface area contributed by atoms with E-state index < -0.39 is 55.2 Å². The highest BCUT2D eigenvalue weighted by atomic mass is 14.9. The molecule has 2 aromatic rings. The molecule has 16 heavy (non-hydrogen) atoms. The second-order valence-corrected chi connectivity index (χ2v) is 3.47. The fourth-order valence-corrected chi connectivity index (χ4v) is 1.49. The number of benzene rings is 1. The minimum Gasteiger partial charge on any atom is -0.201 e. The zero-order chi connectivity index (χ0) is 21.1. The van der Waals surface area contributed by atoms with Crippen LogP contribution in [0.25, 0.3) is 11.3 Å². The average Bonchev–Trinajstić information content (AvgIpc) is 2.47. The van der Waals surface area contributed by atoms with Crippen molar-refractivity contribution in [2.45, 2.75) is 20.6 Å². The molecular formula is C15H18N+. The Kier molecular flexibility index (Phi) is 0.944. The molecule has 1 heteroatoms. The van der Waals surface area contributed by atoms with Gasteiger partial charge in [0.1, 0.15) is 8.42 Å². The van der Waals surface area contributed by atoms with E-state index in [4.69, 9.17) is 15.1 Å². The Morgan fingerprint density at radius 1 is 1.19 bits per heavy atom. The predicted molar refractivity (Wildman–Crippen MR) is 67.3 cm³/mol. The normalized spacial score (nSPS) is 22.0. The van der Waals surface area contributed by atoms with E-state index in [0.717, 1.165) is 10.6 Å². The van der Waals surface area contributed by atoms with Crippen LogP contribution in [0.1, 0.15) is 31.8 Å². The highest BCUT2D eigenvalue weighted by Crippen LogP contribution is 2.21. The second-order valence-electron chi connectivity index (χ2n) is 3.47. The summed E-state index contributed by atoms with van der Waals surface area (Å²) in [7, 11) is 1.39. The van der Waals surface area contributed by atoms with Gasteiger partial charge >= 0.3 is 0 Å². The maximum atomic E-state index is 8.24. The molecule has 0 aliphatic heterocycles. The Bertz CT molecular complexity index is 896. The van der Waals surface area contributed by atoms with Crippen LogP contribution in [0.4, 0.5) is 0 Å². The van der Waals surface area contributed by atoms with Crippen molar-refractivity contribution in [2.75, 3.05) is 0 Å². The molecule has 0 saturated carbocycles. The van der Waals surface area contributed by atoms with Crippen LogP contribution in [-0.4, -0.2) is 0 Å². The summed E-state index contributed by atoms with van der Waals surface area (Å²) in [5, 5.41) is 0. The zero-order valence-electron chi connectivity index (χ0n) is 20.0. The van der Waals surface area contributed by atoms with Gasteiger partial charge in [-0.15, -0.1) is 0 Å². The third-order valence-corrected chi connectivity index (χ3v) is 2.25.